The molecule has 10 heteroatoms. The maximum atomic E-state index is 14.6. The third-order valence-electron chi connectivity index (χ3n) is 11.0. The zero-order valence-electron chi connectivity index (χ0n) is 29.7. The number of para-hydroxylation sites is 1. The molecule has 3 amide bonds. The van der Waals surface area contributed by atoms with Gasteiger partial charge < -0.3 is 20.4 Å². The molecule has 0 aliphatic carbocycles. The summed E-state index contributed by atoms with van der Waals surface area (Å²) in [6.07, 6.45) is 11.4. The van der Waals surface area contributed by atoms with Crippen molar-refractivity contribution in [3.63, 3.8) is 0 Å². The molecular formula is C39H55N5O5. The molecule has 5 atom stereocenters. The molecule has 5 rings (SSSR count). The van der Waals surface area contributed by atoms with E-state index < -0.39 is 30.0 Å². The quantitative estimate of drug-likeness (QED) is 0.288. The van der Waals surface area contributed by atoms with Gasteiger partial charge in [0, 0.05) is 62.0 Å². The minimum absolute atomic E-state index is 0.00542. The second-order valence-corrected chi connectivity index (χ2v) is 14.3. The van der Waals surface area contributed by atoms with Crippen molar-refractivity contribution in [2.24, 2.45) is 11.8 Å². The topological polar surface area (TPSA) is 129 Å². The van der Waals surface area contributed by atoms with Crippen LogP contribution in [0.3, 0.4) is 0 Å². The standard InChI is InChI=1S/C39H55N5O5/c1-4-26(3)34-39(49)44-23-15-12-20-32(44)33(46)24-27(16-8-6-9-17-28(45)5-2)37(47)42-35(38(48)41-34)30-25-40-31-19-11-10-18-29(31)36(30)43-21-13-7-14-22-43/h10-11,18-19,25-27,32,34-35H,4-9,12-17,20-24H2,1-3H3,(H,41,48)(H,42,47)/t26-,27-,32-,34+,35-/m1/s1. The molecule has 3 aliphatic rings. The molecule has 0 radical (unpaired) electrons. The fourth-order valence-electron chi connectivity index (χ4n) is 7.77. The van der Waals surface area contributed by atoms with Crippen LogP contribution < -0.4 is 15.5 Å². The summed E-state index contributed by atoms with van der Waals surface area (Å²) < 4.78 is 0. The summed E-state index contributed by atoms with van der Waals surface area (Å²) in [7, 11) is 0. The highest BCUT2D eigenvalue weighted by Crippen LogP contribution is 2.36. The van der Waals surface area contributed by atoms with E-state index in [1.807, 2.05) is 45.0 Å². The summed E-state index contributed by atoms with van der Waals surface area (Å²) in [5, 5.41) is 7.10. The fraction of sp³-hybridized carbons (Fsp3) is 0.641. The molecule has 2 aromatic rings. The van der Waals surface area contributed by atoms with Gasteiger partial charge in [0.1, 0.15) is 17.9 Å². The van der Waals surface area contributed by atoms with Crippen molar-refractivity contribution in [1.82, 2.24) is 20.5 Å². The van der Waals surface area contributed by atoms with Gasteiger partial charge >= 0.3 is 0 Å². The Morgan fingerprint density at radius 3 is 2.43 bits per heavy atom. The van der Waals surface area contributed by atoms with Crippen molar-refractivity contribution < 1.29 is 24.0 Å². The molecule has 3 saturated heterocycles. The Morgan fingerprint density at radius 2 is 1.67 bits per heavy atom. The van der Waals surface area contributed by atoms with Crippen LogP contribution in [-0.4, -0.2) is 70.9 Å². The van der Waals surface area contributed by atoms with Crippen molar-refractivity contribution in [1.29, 1.82) is 0 Å². The number of rotatable bonds is 11. The van der Waals surface area contributed by atoms with Gasteiger partial charge in [0.25, 0.3) is 0 Å². The van der Waals surface area contributed by atoms with Gasteiger partial charge in [-0.05, 0) is 63.4 Å². The molecule has 49 heavy (non-hydrogen) atoms. The van der Waals surface area contributed by atoms with Gasteiger partial charge in [-0.3, -0.25) is 29.0 Å². The van der Waals surface area contributed by atoms with Crippen molar-refractivity contribution in [3.8, 4) is 0 Å². The van der Waals surface area contributed by atoms with E-state index in [1.54, 1.807) is 11.1 Å². The Bertz CT molecular complexity index is 1500. The highest BCUT2D eigenvalue weighted by atomic mass is 16.2. The van der Waals surface area contributed by atoms with Gasteiger partial charge in [0.15, 0.2) is 5.78 Å². The van der Waals surface area contributed by atoms with E-state index in [4.69, 9.17) is 4.98 Å². The van der Waals surface area contributed by atoms with Crippen LogP contribution in [0.15, 0.2) is 30.5 Å². The molecular weight excluding hydrogens is 618 g/mol. The number of nitrogens with zero attached hydrogens (tertiary/aromatic N) is 3. The van der Waals surface area contributed by atoms with E-state index in [9.17, 15) is 24.0 Å². The highest BCUT2D eigenvalue weighted by Gasteiger charge is 2.41. The number of nitrogens with one attached hydrogen (secondary N) is 2. The van der Waals surface area contributed by atoms with Crippen molar-refractivity contribution in [3.05, 3.63) is 36.0 Å². The van der Waals surface area contributed by atoms with Gasteiger partial charge in [-0.25, -0.2) is 0 Å². The number of fused-ring (bicyclic) bond motifs is 2. The number of Topliss-reactive ketones (excluding diaryl/α,β-unsaturated/α-hetero) is 2. The zero-order chi connectivity index (χ0) is 34.9. The molecule has 1 aromatic heterocycles. The molecule has 3 aliphatic heterocycles. The number of hydrogen-bond acceptors (Lipinski definition) is 7. The Labute approximate surface area is 291 Å². The van der Waals surface area contributed by atoms with Crippen LogP contribution in [0.4, 0.5) is 5.69 Å². The molecule has 0 saturated carbocycles. The summed E-state index contributed by atoms with van der Waals surface area (Å²) in [6.45, 7) is 7.91. The smallest absolute Gasteiger partial charge is 0.248 e. The largest absolute Gasteiger partial charge is 0.371 e. The Hall–Kier alpha value is -3.82. The predicted octanol–water partition coefficient (Wildman–Crippen LogP) is 5.81. The van der Waals surface area contributed by atoms with E-state index in [0.717, 1.165) is 74.6 Å². The molecule has 0 unspecified atom stereocenters. The summed E-state index contributed by atoms with van der Waals surface area (Å²) in [4.78, 5) is 77.9. The Kier molecular flexibility index (Phi) is 12.8. The minimum atomic E-state index is -1.11. The number of piperidine rings is 2. The molecule has 10 nitrogen and oxygen atoms in total. The summed E-state index contributed by atoms with van der Waals surface area (Å²) in [6, 6.07) is 5.31. The van der Waals surface area contributed by atoms with Crippen LogP contribution in [0.25, 0.3) is 10.9 Å². The number of ketones is 2. The second kappa shape index (κ2) is 17.2. The number of anilines is 1. The lowest BCUT2D eigenvalue weighted by Crippen LogP contribution is -2.59. The van der Waals surface area contributed by atoms with Crippen molar-refractivity contribution >= 4 is 45.9 Å². The lowest BCUT2D eigenvalue weighted by Gasteiger charge is -2.40. The van der Waals surface area contributed by atoms with Crippen molar-refractivity contribution in [2.45, 2.75) is 129 Å². The predicted molar refractivity (Wildman–Crippen MR) is 191 cm³/mol. The number of amides is 3. The molecule has 1 aromatic carbocycles. The lowest BCUT2D eigenvalue weighted by atomic mass is 9.87. The van der Waals surface area contributed by atoms with Crippen LogP contribution in [-0.2, 0) is 24.0 Å². The third-order valence-corrected chi connectivity index (χ3v) is 11.0. The number of carbonyl (C=O) groups is 5. The number of carbonyl (C=O) groups excluding carboxylic acids is 5. The lowest BCUT2D eigenvalue weighted by molar-refractivity contribution is -0.147. The molecule has 3 fully saturated rings. The summed E-state index contributed by atoms with van der Waals surface area (Å²) >= 11 is 0. The molecule has 2 N–H and O–H groups in total. The fourth-order valence-corrected chi connectivity index (χ4v) is 7.77. The number of pyridine rings is 1. The molecule has 0 spiro atoms. The van der Waals surface area contributed by atoms with Crippen LogP contribution in [0.5, 0.6) is 0 Å². The summed E-state index contributed by atoms with van der Waals surface area (Å²) in [5.74, 6) is -1.74. The van der Waals surface area contributed by atoms with Gasteiger partial charge in [0.2, 0.25) is 17.7 Å². The monoisotopic (exact) mass is 673 g/mol. The first-order valence-electron chi connectivity index (χ1n) is 18.8. The average Bonchev–Trinajstić information content (AvgIpc) is 3.13. The van der Waals surface area contributed by atoms with Gasteiger partial charge in [-0.1, -0.05) is 58.2 Å². The highest BCUT2D eigenvalue weighted by molar-refractivity contribution is 6.01. The SMILES string of the molecule is CCC(=O)CCCCC[C@@H]1CC(=O)[C@H]2CCCCN2C(=O)[C@H]([C@H](C)CC)NC(=O)[C@@H](c2cnc3ccccc3c2N2CCCCC2)NC1=O. The Morgan fingerprint density at radius 1 is 0.918 bits per heavy atom. The van der Waals surface area contributed by atoms with Gasteiger partial charge in [0.05, 0.1) is 17.2 Å². The van der Waals surface area contributed by atoms with Crippen LogP contribution >= 0.6 is 0 Å². The third kappa shape index (κ3) is 8.68. The van der Waals surface area contributed by atoms with E-state index in [1.165, 1.54) is 0 Å². The van der Waals surface area contributed by atoms with Crippen LogP contribution in [0.1, 0.15) is 122 Å². The van der Waals surface area contributed by atoms with Crippen molar-refractivity contribution in [2.75, 3.05) is 24.5 Å². The van der Waals surface area contributed by atoms with E-state index >= 15 is 0 Å². The van der Waals surface area contributed by atoms with Gasteiger partial charge in [-0.2, -0.15) is 0 Å². The zero-order valence-corrected chi connectivity index (χ0v) is 29.7. The second-order valence-electron chi connectivity index (χ2n) is 14.3. The van der Waals surface area contributed by atoms with Gasteiger partial charge in [-0.15, -0.1) is 0 Å². The molecule has 266 valence electrons. The number of aromatic nitrogens is 1. The first-order chi connectivity index (χ1) is 23.7. The number of hydrogen-bond donors (Lipinski definition) is 2. The first-order valence-corrected chi connectivity index (χ1v) is 18.8. The number of benzene rings is 1. The maximum Gasteiger partial charge on any atom is 0.248 e. The first kappa shape index (κ1) is 36.5. The number of unbranched alkanes of at least 4 members (excludes halogenated alkanes) is 2. The van der Waals surface area contributed by atoms with Crippen LogP contribution in [0.2, 0.25) is 0 Å². The van der Waals surface area contributed by atoms with E-state index in [2.05, 4.69) is 15.5 Å². The normalized spacial score (nSPS) is 24.8. The summed E-state index contributed by atoms with van der Waals surface area (Å²) in [5.41, 5.74) is 2.28. The Balaban J connectivity index is 1.56. The molecule has 0 bridgehead atoms. The van der Waals surface area contributed by atoms with E-state index in [0.29, 0.717) is 50.6 Å². The maximum absolute atomic E-state index is 14.6. The molecule has 4 heterocycles. The average molecular weight is 674 g/mol. The van der Waals surface area contributed by atoms with E-state index in [-0.39, 0.29) is 35.7 Å². The minimum Gasteiger partial charge on any atom is -0.371 e. The van der Waals surface area contributed by atoms with Crippen LogP contribution in [0, 0.1) is 11.8 Å².